The van der Waals surface area contributed by atoms with Gasteiger partial charge in [-0.2, -0.15) is 0 Å². The minimum Gasteiger partial charge on any atom is -0.351 e. The third-order valence-electron chi connectivity index (χ3n) is 5.45. The van der Waals surface area contributed by atoms with Crippen molar-refractivity contribution in [2.24, 2.45) is 0 Å². The number of aromatic nitrogens is 2. The molecule has 2 amide bonds. The zero-order chi connectivity index (χ0) is 21.8. The molecule has 1 aliphatic rings. The van der Waals surface area contributed by atoms with Gasteiger partial charge in [0.05, 0.1) is 0 Å². The van der Waals surface area contributed by atoms with Crippen LogP contribution in [0.5, 0.6) is 0 Å². The molecule has 1 heterocycles. The summed E-state index contributed by atoms with van der Waals surface area (Å²) in [6.45, 7) is 1.92. The Morgan fingerprint density at radius 2 is 1.94 bits per heavy atom. The lowest BCUT2D eigenvalue weighted by Gasteiger charge is -2.32. The van der Waals surface area contributed by atoms with Gasteiger partial charge in [0.15, 0.2) is 5.69 Å². The standard InChI is InChI=1S/C23H23FN4O2S/c1-15-6-4-7-16(12-15)21(22(29)25-18-9-2-3-10-18)28(19-11-5-8-17(24)13-19)23(30)20-14-31-27-26-20/h4-8,11-14,18,21H,2-3,9-10H2,1H3,(H,25,29). The molecule has 0 spiro atoms. The van der Waals surface area contributed by atoms with Crippen molar-refractivity contribution in [3.8, 4) is 0 Å². The average Bonchev–Trinajstić information content (AvgIpc) is 3.45. The van der Waals surface area contributed by atoms with Crippen LogP contribution in [0.3, 0.4) is 0 Å². The predicted molar refractivity (Wildman–Crippen MR) is 117 cm³/mol. The Morgan fingerprint density at radius 1 is 1.16 bits per heavy atom. The number of carbonyl (C=O) groups excluding carboxylic acids is 2. The Bertz CT molecular complexity index is 1070. The lowest BCUT2D eigenvalue weighted by molar-refractivity contribution is -0.123. The second-order valence-corrected chi connectivity index (χ2v) is 8.36. The summed E-state index contributed by atoms with van der Waals surface area (Å²) in [5.41, 5.74) is 2.00. The molecule has 1 unspecified atom stereocenters. The fourth-order valence-electron chi connectivity index (χ4n) is 4.00. The van der Waals surface area contributed by atoms with E-state index in [1.807, 2.05) is 31.2 Å². The van der Waals surface area contributed by atoms with Gasteiger partial charge in [0.25, 0.3) is 5.91 Å². The van der Waals surface area contributed by atoms with Crippen LogP contribution in [0.15, 0.2) is 53.9 Å². The zero-order valence-corrected chi connectivity index (χ0v) is 17.9. The smallest absolute Gasteiger partial charge is 0.280 e. The van der Waals surface area contributed by atoms with Gasteiger partial charge in [-0.1, -0.05) is 53.2 Å². The van der Waals surface area contributed by atoms with Crippen LogP contribution in [-0.4, -0.2) is 27.4 Å². The molecule has 160 valence electrons. The Morgan fingerprint density at radius 3 is 2.61 bits per heavy atom. The molecule has 1 aliphatic carbocycles. The number of nitrogens with zero attached hydrogens (tertiary/aromatic N) is 3. The van der Waals surface area contributed by atoms with Crippen LogP contribution in [-0.2, 0) is 4.79 Å². The molecule has 6 nitrogen and oxygen atoms in total. The zero-order valence-electron chi connectivity index (χ0n) is 17.1. The van der Waals surface area contributed by atoms with Gasteiger partial charge in [-0.25, -0.2) is 4.39 Å². The summed E-state index contributed by atoms with van der Waals surface area (Å²) < 4.78 is 17.9. The third-order valence-corrected chi connectivity index (χ3v) is 5.95. The molecule has 3 aromatic rings. The highest BCUT2D eigenvalue weighted by atomic mass is 32.1. The monoisotopic (exact) mass is 438 g/mol. The highest BCUT2D eigenvalue weighted by Crippen LogP contribution is 2.31. The Kier molecular flexibility index (Phi) is 6.36. The summed E-state index contributed by atoms with van der Waals surface area (Å²) in [4.78, 5) is 28.4. The number of anilines is 1. The molecule has 31 heavy (non-hydrogen) atoms. The number of carbonyl (C=O) groups is 2. The van der Waals surface area contributed by atoms with E-state index >= 15 is 0 Å². The molecule has 0 bridgehead atoms. The molecule has 0 radical (unpaired) electrons. The van der Waals surface area contributed by atoms with Gasteiger partial charge < -0.3 is 5.32 Å². The molecule has 0 aliphatic heterocycles. The molecule has 1 aromatic heterocycles. The van der Waals surface area contributed by atoms with Gasteiger partial charge in [-0.05, 0) is 55.1 Å². The van der Waals surface area contributed by atoms with E-state index in [0.717, 1.165) is 42.8 Å². The highest BCUT2D eigenvalue weighted by molar-refractivity contribution is 7.03. The maximum absolute atomic E-state index is 14.1. The third kappa shape index (κ3) is 4.80. The van der Waals surface area contributed by atoms with Gasteiger partial charge in [0.1, 0.15) is 11.9 Å². The van der Waals surface area contributed by atoms with E-state index in [9.17, 15) is 14.0 Å². The maximum Gasteiger partial charge on any atom is 0.280 e. The minimum atomic E-state index is -0.975. The molecule has 1 saturated carbocycles. The van der Waals surface area contributed by atoms with Crippen molar-refractivity contribution >= 4 is 29.0 Å². The van der Waals surface area contributed by atoms with Crippen molar-refractivity contribution in [2.45, 2.75) is 44.7 Å². The SMILES string of the molecule is Cc1cccc(C(C(=O)NC2CCCC2)N(C(=O)c2csnn2)c2cccc(F)c2)c1. The van der Waals surface area contributed by atoms with E-state index in [1.165, 1.54) is 28.5 Å². The number of nitrogens with one attached hydrogen (secondary N) is 1. The summed E-state index contributed by atoms with van der Waals surface area (Å²) in [6, 6.07) is 12.2. The lowest BCUT2D eigenvalue weighted by atomic mass is 10.00. The second kappa shape index (κ2) is 9.34. The molecule has 1 fully saturated rings. The van der Waals surface area contributed by atoms with Crippen LogP contribution in [0.25, 0.3) is 0 Å². The highest BCUT2D eigenvalue weighted by Gasteiger charge is 2.35. The van der Waals surface area contributed by atoms with Crippen molar-refractivity contribution < 1.29 is 14.0 Å². The van der Waals surface area contributed by atoms with Crippen LogP contribution in [0.1, 0.15) is 53.3 Å². The van der Waals surface area contributed by atoms with Crippen molar-refractivity contribution in [1.29, 1.82) is 0 Å². The first-order valence-corrected chi connectivity index (χ1v) is 11.1. The summed E-state index contributed by atoms with van der Waals surface area (Å²) in [6.07, 6.45) is 3.96. The van der Waals surface area contributed by atoms with E-state index < -0.39 is 17.8 Å². The van der Waals surface area contributed by atoms with Crippen LogP contribution >= 0.6 is 11.5 Å². The van der Waals surface area contributed by atoms with Crippen LogP contribution in [0.4, 0.5) is 10.1 Å². The van der Waals surface area contributed by atoms with Crippen LogP contribution in [0.2, 0.25) is 0 Å². The van der Waals surface area contributed by atoms with Gasteiger partial charge >= 0.3 is 0 Å². The largest absolute Gasteiger partial charge is 0.351 e. The first kappa shape index (κ1) is 21.1. The van der Waals surface area contributed by atoms with Crippen molar-refractivity contribution in [3.63, 3.8) is 0 Å². The van der Waals surface area contributed by atoms with E-state index in [-0.39, 0.29) is 23.3 Å². The Labute approximate surface area is 184 Å². The molecule has 0 saturated heterocycles. The number of hydrogen-bond donors (Lipinski definition) is 1. The summed E-state index contributed by atoms with van der Waals surface area (Å²) in [5.74, 6) is -1.29. The fraction of sp³-hybridized carbons (Fsp3) is 0.304. The average molecular weight is 439 g/mol. The second-order valence-electron chi connectivity index (χ2n) is 7.75. The van der Waals surface area contributed by atoms with Gasteiger partial charge in [-0.15, -0.1) is 5.10 Å². The van der Waals surface area contributed by atoms with Crippen molar-refractivity contribution in [1.82, 2.24) is 14.9 Å². The maximum atomic E-state index is 14.1. The Hall–Kier alpha value is -3.13. The summed E-state index contributed by atoms with van der Waals surface area (Å²) >= 11 is 1.04. The molecule has 1 N–H and O–H groups in total. The summed E-state index contributed by atoms with van der Waals surface area (Å²) in [7, 11) is 0. The van der Waals surface area contributed by atoms with Gasteiger partial charge in [0.2, 0.25) is 5.91 Å². The van der Waals surface area contributed by atoms with Crippen molar-refractivity contribution in [2.75, 3.05) is 4.90 Å². The number of benzene rings is 2. The number of amides is 2. The minimum absolute atomic E-state index is 0.0743. The molecule has 8 heteroatoms. The molecular weight excluding hydrogens is 415 g/mol. The number of halogens is 1. The Balaban J connectivity index is 1.82. The van der Waals surface area contributed by atoms with Gasteiger partial charge in [0, 0.05) is 17.1 Å². The molecule has 4 rings (SSSR count). The normalized spacial score (nSPS) is 14.9. The molecule has 2 aromatic carbocycles. The number of aryl methyl sites for hydroxylation is 1. The van der Waals surface area contributed by atoms with Crippen LogP contribution in [0, 0.1) is 12.7 Å². The topological polar surface area (TPSA) is 75.2 Å². The summed E-state index contributed by atoms with van der Waals surface area (Å²) in [5, 5.41) is 8.52. The van der Waals surface area contributed by atoms with Gasteiger partial charge in [-0.3, -0.25) is 14.5 Å². The molecular formula is C23H23FN4O2S. The first-order chi connectivity index (χ1) is 15.0. The van der Waals surface area contributed by atoms with E-state index in [4.69, 9.17) is 0 Å². The number of hydrogen-bond acceptors (Lipinski definition) is 5. The quantitative estimate of drug-likeness (QED) is 0.618. The van der Waals surface area contributed by atoms with E-state index in [1.54, 1.807) is 6.07 Å². The first-order valence-electron chi connectivity index (χ1n) is 10.3. The fourth-order valence-corrected chi connectivity index (χ4v) is 4.43. The molecule has 1 atom stereocenters. The lowest BCUT2D eigenvalue weighted by Crippen LogP contribution is -2.46. The van der Waals surface area contributed by atoms with E-state index in [0.29, 0.717) is 5.56 Å². The predicted octanol–water partition coefficient (Wildman–Crippen LogP) is 4.43. The van der Waals surface area contributed by atoms with Crippen molar-refractivity contribution in [3.05, 3.63) is 76.5 Å². The van der Waals surface area contributed by atoms with Crippen LogP contribution < -0.4 is 10.2 Å². The van der Waals surface area contributed by atoms with E-state index in [2.05, 4.69) is 14.9 Å². The number of rotatable bonds is 6.